The topological polar surface area (TPSA) is 58.6 Å². The van der Waals surface area contributed by atoms with E-state index in [4.69, 9.17) is 17.0 Å². The number of thioether (sulfide) groups is 1. The smallest absolute Gasteiger partial charge is 0.285 e. The van der Waals surface area contributed by atoms with Gasteiger partial charge in [-0.05, 0) is 52.4 Å². The van der Waals surface area contributed by atoms with Gasteiger partial charge in [-0.2, -0.15) is 5.01 Å². The second kappa shape index (κ2) is 8.03. The zero-order chi connectivity index (χ0) is 18.7. The van der Waals surface area contributed by atoms with Gasteiger partial charge in [-0.15, -0.1) is 0 Å². The van der Waals surface area contributed by atoms with Gasteiger partial charge in [0.15, 0.2) is 4.32 Å². The minimum Gasteiger partial charge on any atom is -0.496 e. The molecule has 2 aromatic rings. The van der Waals surface area contributed by atoms with E-state index in [2.05, 4.69) is 21.4 Å². The quantitative estimate of drug-likeness (QED) is 0.565. The number of hydrogen-bond donors (Lipinski definition) is 1. The third-order valence-electron chi connectivity index (χ3n) is 3.55. The number of nitrogens with one attached hydrogen (secondary N) is 1. The van der Waals surface area contributed by atoms with Crippen LogP contribution in [-0.2, 0) is 4.79 Å². The molecule has 132 valence electrons. The van der Waals surface area contributed by atoms with Crippen molar-refractivity contribution >= 4 is 62.1 Å². The first-order valence-corrected chi connectivity index (χ1v) is 9.49. The lowest BCUT2D eigenvalue weighted by Gasteiger charge is -2.16. The number of benzene rings is 2. The molecule has 0 radical (unpaired) electrons. The second-order valence-corrected chi connectivity index (χ2v) is 7.71. The summed E-state index contributed by atoms with van der Waals surface area (Å²) < 4.78 is 6.19. The Balaban J connectivity index is 1.82. The number of halogens is 1. The second-order valence-electron chi connectivity index (χ2n) is 5.18. The average molecular weight is 449 g/mol. The van der Waals surface area contributed by atoms with Crippen molar-refractivity contribution < 1.29 is 14.3 Å². The molecule has 0 spiro atoms. The lowest BCUT2D eigenvalue weighted by Crippen LogP contribution is -2.44. The summed E-state index contributed by atoms with van der Waals surface area (Å²) in [4.78, 5) is 25.5. The summed E-state index contributed by atoms with van der Waals surface area (Å²) in [5.41, 5.74) is 3.73. The van der Waals surface area contributed by atoms with Crippen molar-refractivity contribution in [3.05, 3.63) is 69.0 Å². The van der Waals surface area contributed by atoms with Gasteiger partial charge in [0.1, 0.15) is 5.75 Å². The van der Waals surface area contributed by atoms with E-state index in [1.54, 1.807) is 43.5 Å². The lowest BCUT2D eigenvalue weighted by molar-refractivity contribution is -0.123. The highest BCUT2D eigenvalue weighted by molar-refractivity contribution is 9.10. The van der Waals surface area contributed by atoms with Crippen molar-refractivity contribution in [1.82, 2.24) is 10.4 Å². The van der Waals surface area contributed by atoms with Crippen LogP contribution in [0.25, 0.3) is 6.08 Å². The molecule has 1 saturated heterocycles. The lowest BCUT2D eigenvalue weighted by atomic mass is 10.2. The fourth-order valence-corrected chi connectivity index (χ4v) is 3.93. The molecule has 3 rings (SSSR count). The first kappa shape index (κ1) is 18.6. The van der Waals surface area contributed by atoms with Crippen LogP contribution in [0.15, 0.2) is 57.9 Å². The van der Waals surface area contributed by atoms with E-state index in [1.165, 1.54) is 0 Å². The third kappa shape index (κ3) is 3.82. The number of carbonyl (C=O) groups excluding carboxylic acids is 2. The number of ether oxygens (including phenoxy) is 1. The number of hydrazine groups is 1. The fourth-order valence-electron chi connectivity index (χ4n) is 2.30. The molecule has 1 fully saturated rings. The van der Waals surface area contributed by atoms with Crippen molar-refractivity contribution in [3.8, 4) is 5.75 Å². The summed E-state index contributed by atoms with van der Waals surface area (Å²) in [6.07, 6.45) is 1.70. The zero-order valence-electron chi connectivity index (χ0n) is 13.6. The molecule has 5 nitrogen and oxygen atoms in total. The minimum atomic E-state index is -0.424. The van der Waals surface area contributed by atoms with Gasteiger partial charge >= 0.3 is 0 Å². The third-order valence-corrected chi connectivity index (χ3v) is 5.54. The summed E-state index contributed by atoms with van der Waals surface area (Å²) in [5, 5.41) is 1.09. The monoisotopic (exact) mass is 448 g/mol. The van der Waals surface area contributed by atoms with Crippen LogP contribution < -0.4 is 10.2 Å². The van der Waals surface area contributed by atoms with E-state index >= 15 is 0 Å². The van der Waals surface area contributed by atoms with Crippen molar-refractivity contribution in [3.63, 3.8) is 0 Å². The van der Waals surface area contributed by atoms with Crippen molar-refractivity contribution in [2.75, 3.05) is 7.11 Å². The normalized spacial score (nSPS) is 15.5. The Morgan fingerprint density at radius 2 is 1.92 bits per heavy atom. The number of methoxy groups -OCH3 is 1. The summed E-state index contributed by atoms with van der Waals surface area (Å²) in [6, 6.07) is 14.3. The highest BCUT2D eigenvalue weighted by Crippen LogP contribution is 2.33. The fraction of sp³-hybridized carbons (Fsp3) is 0.0556. The number of thiocarbonyl (C=S) groups is 1. The van der Waals surface area contributed by atoms with Gasteiger partial charge in [0.05, 0.1) is 17.6 Å². The van der Waals surface area contributed by atoms with Gasteiger partial charge in [0.2, 0.25) is 0 Å². The van der Waals surface area contributed by atoms with Gasteiger partial charge < -0.3 is 4.74 Å². The van der Waals surface area contributed by atoms with Gasteiger partial charge in [-0.25, -0.2) is 0 Å². The van der Waals surface area contributed by atoms with Gasteiger partial charge in [-0.3, -0.25) is 15.0 Å². The zero-order valence-corrected chi connectivity index (χ0v) is 16.8. The van der Waals surface area contributed by atoms with Gasteiger partial charge in [0.25, 0.3) is 11.8 Å². The maximum absolute atomic E-state index is 12.7. The molecule has 0 aliphatic carbocycles. The van der Waals surface area contributed by atoms with Crippen LogP contribution in [0.2, 0.25) is 0 Å². The van der Waals surface area contributed by atoms with Crippen LogP contribution in [-0.4, -0.2) is 28.3 Å². The number of carbonyl (C=O) groups is 2. The molecule has 2 amide bonds. The largest absolute Gasteiger partial charge is 0.496 e. The number of nitrogens with zero attached hydrogens (tertiary/aromatic N) is 1. The molecule has 8 heteroatoms. The predicted octanol–water partition coefficient (Wildman–Crippen LogP) is 4.00. The minimum absolute atomic E-state index is 0.261. The molecule has 26 heavy (non-hydrogen) atoms. The van der Waals surface area contributed by atoms with E-state index in [1.807, 2.05) is 18.2 Å². The molecule has 2 aromatic carbocycles. The molecular weight excluding hydrogens is 436 g/mol. The highest BCUT2D eigenvalue weighted by Gasteiger charge is 2.34. The number of amides is 2. The molecule has 0 bridgehead atoms. The Labute approximate surface area is 168 Å². The van der Waals surface area contributed by atoms with E-state index in [-0.39, 0.29) is 10.2 Å². The Morgan fingerprint density at radius 1 is 1.23 bits per heavy atom. The van der Waals surface area contributed by atoms with E-state index < -0.39 is 5.91 Å². The van der Waals surface area contributed by atoms with Crippen LogP contribution in [0.3, 0.4) is 0 Å². The molecular formula is C18H13BrN2O3S2. The van der Waals surface area contributed by atoms with Crippen LogP contribution >= 0.6 is 39.9 Å². The van der Waals surface area contributed by atoms with Gasteiger partial charge in [-0.1, -0.05) is 42.1 Å². The van der Waals surface area contributed by atoms with E-state index in [9.17, 15) is 9.59 Å². The number of hydrogen-bond acceptors (Lipinski definition) is 5. The summed E-state index contributed by atoms with van der Waals surface area (Å²) >= 11 is 9.69. The molecule has 0 unspecified atom stereocenters. The molecule has 1 aliphatic rings. The molecule has 1 heterocycles. The SMILES string of the molecule is COc1ccccc1C=C1SC(=S)N(NC(=O)c2ccccc2Br)C1=O. The maximum Gasteiger partial charge on any atom is 0.285 e. The molecule has 0 saturated carbocycles. The summed E-state index contributed by atoms with van der Waals surface area (Å²) in [6.45, 7) is 0. The van der Waals surface area contributed by atoms with Crippen LogP contribution in [0, 0.1) is 0 Å². The molecule has 0 aromatic heterocycles. The van der Waals surface area contributed by atoms with E-state index in [0.717, 1.165) is 22.3 Å². The predicted molar refractivity (Wildman–Crippen MR) is 110 cm³/mol. The number of para-hydroxylation sites is 1. The maximum atomic E-state index is 12.7. The summed E-state index contributed by atoms with van der Waals surface area (Å²) in [7, 11) is 1.57. The van der Waals surface area contributed by atoms with Crippen molar-refractivity contribution in [1.29, 1.82) is 0 Å². The Hall–Kier alpha value is -2.16. The van der Waals surface area contributed by atoms with Crippen LogP contribution in [0.4, 0.5) is 0 Å². The average Bonchev–Trinajstić information content (AvgIpc) is 2.90. The highest BCUT2D eigenvalue weighted by atomic mass is 79.9. The first-order chi connectivity index (χ1) is 12.5. The Morgan fingerprint density at radius 3 is 2.65 bits per heavy atom. The summed E-state index contributed by atoms with van der Waals surface area (Å²) in [5.74, 6) is -0.159. The standard InChI is InChI=1S/C18H13BrN2O3S2/c1-24-14-9-5-2-6-11(14)10-15-17(23)21(18(25)26-15)20-16(22)12-7-3-4-8-13(12)19/h2-10H,1H3,(H,20,22). The van der Waals surface area contributed by atoms with Crippen LogP contribution in [0.5, 0.6) is 5.75 Å². The first-order valence-electron chi connectivity index (χ1n) is 7.47. The van der Waals surface area contributed by atoms with Crippen LogP contribution in [0.1, 0.15) is 15.9 Å². The molecule has 1 aliphatic heterocycles. The van der Waals surface area contributed by atoms with Gasteiger partial charge in [0, 0.05) is 10.0 Å². The molecule has 1 N–H and O–H groups in total. The Kier molecular flexibility index (Phi) is 5.75. The molecule has 0 atom stereocenters. The van der Waals surface area contributed by atoms with E-state index in [0.29, 0.717) is 20.7 Å². The van der Waals surface area contributed by atoms with Crippen molar-refractivity contribution in [2.45, 2.75) is 0 Å². The Bertz CT molecular complexity index is 930. The van der Waals surface area contributed by atoms with Crippen molar-refractivity contribution in [2.24, 2.45) is 0 Å². The number of rotatable bonds is 4.